The SMILES string of the molecule is CN(c1ncnc2[nH]ccc12)C1C[C@@H]2CN(C(=O)C3CC3)C[C@@H]2C1.CN(c1ncnc2[nH]ccc12)C1C[C@@H]2CN(C(=O)C3CC3)C[C@@H]2C1.CN(c1ncnc2[nH]ccc12)C1C[C@H]2CNC[C@H]2C1.Cl. The first-order chi connectivity index (χ1) is 32.7. The molecule has 5 saturated carbocycles. The van der Waals surface area contributed by atoms with Crippen molar-refractivity contribution in [2.75, 3.05) is 75.1 Å². The van der Waals surface area contributed by atoms with Gasteiger partial charge in [0.05, 0.1) is 16.2 Å². The van der Waals surface area contributed by atoms with Gasteiger partial charge in [0.2, 0.25) is 11.8 Å². The first kappa shape index (κ1) is 44.9. The molecule has 0 radical (unpaired) electrons. The van der Waals surface area contributed by atoms with Crippen LogP contribution in [0.15, 0.2) is 55.8 Å². The first-order valence-corrected chi connectivity index (χ1v) is 25.0. The number of nitrogens with one attached hydrogen (secondary N) is 4. The van der Waals surface area contributed by atoms with Gasteiger partial charge in [-0.1, -0.05) is 0 Å². The largest absolute Gasteiger partial charge is 0.356 e. The number of halogens is 1. The van der Waals surface area contributed by atoms with E-state index in [1.54, 1.807) is 19.0 Å². The quantitative estimate of drug-likeness (QED) is 0.142. The molecule has 0 aromatic carbocycles. The molecule has 0 bridgehead atoms. The van der Waals surface area contributed by atoms with E-state index in [1.165, 1.54) is 25.9 Å². The van der Waals surface area contributed by atoms with Crippen molar-refractivity contribution >= 4 is 74.8 Å². The van der Waals surface area contributed by atoms with Gasteiger partial charge in [-0.3, -0.25) is 9.59 Å². The van der Waals surface area contributed by atoms with Crippen LogP contribution in [0.1, 0.15) is 64.2 Å². The fraction of sp³-hybridized carbons (Fsp3) is 0.600. The molecular formula is C50H66ClN15O2. The molecule has 3 unspecified atom stereocenters. The molecule has 6 aromatic rings. The van der Waals surface area contributed by atoms with Gasteiger partial charge >= 0.3 is 0 Å². The van der Waals surface area contributed by atoms with Gasteiger partial charge in [-0.05, 0) is 131 Å². The van der Waals surface area contributed by atoms with E-state index in [9.17, 15) is 9.59 Å². The molecular weight excluding hydrogens is 878 g/mol. The molecule has 9 heterocycles. The third-order valence-corrected chi connectivity index (χ3v) is 17.2. The van der Waals surface area contributed by atoms with E-state index in [0.717, 1.165) is 140 Å². The Morgan fingerprint density at radius 2 is 0.794 bits per heavy atom. The zero-order valence-corrected chi connectivity index (χ0v) is 40.3. The Morgan fingerprint density at radius 3 is 1.10 bits per heavy atom. The highest BCUT2D eigenvalue weighted by atomic mass is 35.5. The zero-order valence-electron chi connectivity index (χ0n) is 39.5. The van der Waals surface area contributed by atoms with Gasteiger partial charge in [-0.25, -0.2) is 29.9 Å². The lowest BCUT2D eigenvalue weighted by molar-refractivity contribution is -0.132. The van der Waals surface area contributed by atoms with Crippen molar-refractivity contribution in [3.63, 3.8) is 0 Å². The van der Waals surface area contributed by atoms with Crippen LogP contribution in [0.2, 0.25) is 0 Å². The summed E-state index contributed by atoms with van der Waals surface area (Å²) in [5, 5.41) is 6.80. The molecule has 5 aliphatic carbocycles. The van der Waals surface area contributed by atoms with Crippen LogP contribution in [-0.2, 0) is 9.59 Å². The van der Waals surface area contributed by atoms with Crippen LogP contribution in [0.4, 0.5) is 17.5 Å². The van der Waals surface area contributed by atoms with Gasteiger partial charge in [0, 0.05) is 95.9 Å². The Morgan fingerprint density at radius 1 is 0.485 bits per heavy atom. The van der Waals surface area contributed by atoms with E-state index in [-0.39, 0.29) is 12.4 Å². The summed E-state index contributed by atoms with van der Waals surface area (Å²) in [7, 11) is 6.47. The molecule has 14 rings (SSSR count). The summed E-state index contributed by atoms with van der Waals surface area (Å²) in [5.74, 6) is 8.96. The minimum atomic E-state index is 0. The second-order valence-corrected chi connectivity index (χ2v) is 21.3. The molecule has 360 valence electrons. The summed E-state index contributed by atoms with van der Waals surface area (Å²) in [6.45, 7) is 6.25. The Balaban J connectivity index is 0.000000112. The van der Waals surface area contributed by atoms with Crippen molar-refractivity contribution in [1.29, 1.82) is 0 Å². The number of fused-ring (bicyclic) bond motifs is 6. The van der Waals surface area contributed by atoms with E-state index in [2.05, 4.69) is 102 Å². The van der Waals surface area contributed by atoms with Gasteiger partial charge < -0.3 is 44.8 Å². The number of anilines is 3. The van der Waals surface area contributed by atoms with Crippen molar-refractivity contribution in [3.8, 4) is 0 Å². The monoisotopic (exact) mass is 944 g/mol. The predicted molar refractivity (Wildman–Crippen MR) is 266 cm³/mol. The van der Waals surface area contributed by atoms with Crippen LogP contribution in [-0.4, -0.2) is 145 Å². The van der Waals surface area contributed by atoms with E-state index in [1.807, 2.05) is 30.7 Å². The van der Waals surface area contributed by atoms with Gasteiger partial charge in [-0.2, -0.15) is 0 Å². The number of carbonyl (C=O) groups excluding carboxylic acids is 2. The Hall–Kier alpha value is -5.55. The molecule has 8 aliphatic rings. The number of nitrogens with zero attached hydrogens (tertiary/aromatic N) is 11. The Bertz CT molecular complexity index is 2580. The van der Waals surface area contributed by atoms with Crippen LogP contribution in [0.3, 0.4) is 0 Å². The fourth-order valence-corrected chi connectivity index (χ4v) is 13.1. The summed E-state index contributed by atoms with van der Waals surface area (Å²) >= 11 is 0. The molecule has 0 spiro atoms. The standard InChI is InChI=1S/2C18H23N5O.C14H19N5.ClH/c2*1-22(17-15-4-5-19-16(15)20-10-21-17)14-6-12-8-23(9-13(12)7-14)18(24)11-2-3-11;1-19(11-4-9-6-15-7-10(9)5-11)14-12-2-3-16-13(12)17-8-18-14;/h2*4-5,10-14H,2-3,6-9H2,1H3,(H,19,20,21);2-3,8-11,15H,4-7H2,1H3,(H,16,17,18);1H/t2*12-,13+,14?;9-,10+,11?;. The minimum absolute atomic E-state index is 0. The second-order valence-electron chi connectivity index (χ2n) is 21.3. The van der Waals surface area contributed by atoms with Crippen molar-refractivity contribution < 1.29 is 9.59 Å². The molecule has 17 nitrogen and oxygen atoms in total. The lowest BCUT2D eigenvalue weighted by Gasteiger charge is -2.28. The van der Waals surface area contributed by atoms with Crippen LogP contribution in [0.25, 0.3) is 33.1 Å². The number of aromatic nitrogens is 9. The van der Waals surface area contributed by atoms with Crippen molar-refractivity contribution in [1.82, 2.24) is 60.0 Å². The number of likely N-dealkylation sites (tertiary alicyclic amines) is 2. The van der Waals surface area contributed by atoms with Gasteiger partial charge in [0.15, 0.2) is 0 Å². The number of rotatable bonds is 8. The topological polar surface area (TPSA) is 187 Å². The Labute approximate surface area is 403 Å². The molecule has 9 atom stereocenters. The lowest BCUT2D eigenvalue weighted by atomic mass is 10.0. The molecule has 6 aromatic heterocycles. The van der Waals surface area contributed by atoms with E-state index < -0.39 is 0 Å². The van der Waals surface area contributed by atoms with Gasteiger partial charge in [0.25, 0.3) is 0 Å². The van der Waals surface area contributed by atoms with Gasteiger partial charge in [-0.15, -0.1) is 12.4 Å². The van der Waals surface area contributed by atoms with Crippen LogP contribution < -0.4 is 20.0 Å². The molecule has 2 amide bonds. The first-order valence-electron chi connectivity index (χ1n) is 25.0. The average molecular weight is 945 g/mol. The van der Waals surface area contributed by atoms with E-state index >= 15 is 0 Å². The molecule has 3 saturated heterocycles. The number of hydrogen-bond acceptors (Lipinski definition) is 12. The number of carbonyl (C=O) groups is 2. The lowest BCUT2D eigenvalue weighted by Crippen LogP contribution is -2.35. The van der Waals surface area contributed by atoms with Crippen LogP contribution in [0, 0.1) is 47.3 Å². The Kier molecular flexibility index (Phi) is 12.2. The molecule has 68 heavy (non-hydrogen) atoms. The number of aromatic amines is 3. The third-order valence-electron chi connectivity index (χ3n) is 17.2. The number of H-pyrrole nitrogens is 3. The summed E-state index contributed by atoms with van der Waals surface area (Å²) in [6.07, 6.45) is 22.3. The number of amides is 2. The second kappa shape index (κ2) is 18.4. The van der Waals surface area contributed by atoms with Crippen LogP contribution in [0.5, 0.6) is 0 Å². The third kappa shape index (κ3) is 8.51. The average Bonchev–Trinajstić information content (AvgIpc) is 3.87. The van der Waals surface area contributed by atoms with Crippen LogP contribution >= 0.6 is 12.4 Å². The van der Waals surface area contributed by atoms with Crippen molar-refractivity contribution in [2.24, 2.45) is 47.3 Å². The predicted octanol–water partition coefficient (Wildman–Crippen LogP) is 5.90. The molecule has 4 N–H and O–H groups in total. The maximum absolute atomic E-state index is 12.3. The summed E-state index contributed by atoms with van der Waals surface area (Å²) < 4.78 is 0. The zero-order chi connectivity index (χ0) is 45.3. The highest BCUT2D eigenvalue weighted by molar-refractivity contribution is 5.89. The maximum atomic E-state index is 12.3. The summed E-state index contributed by atoms with van der Waals surface area (Å²) in [4.78, 5) is 71.7. The normalized spacial score (nSPS) is 29.0. The summed E-state index contributed by atoms with van der Waals surface area (Å²) in [5.41, 5.74) is 2.72. The van der Waals surface area contributed by atoms with E-state index in [4.69, 9.17) is 0 Å². The smallest absolute Gasteiger partial charge is 0.225 e. The van der Waals surface area contributed by atoms with Crippen molar-refractivity contribution in [2.45, 2.75) is 82.3 Å². The maximum Gasteiger partial charge on any atom is 0.225 e. The minimum Gasteiger partial charge on any atom is -0.356 e. The molecule has 3 aliphatic heterocycles. The molecule has 18 heteroatoms. The van der Waals surface area contributed by atoms with E-state index in [0.29, 0.717) is 65.4 Å². The van der Waals surface area contributed by atoms with Crippen molar-refractivity contribution in [3.05, 3.63) is 55.8 Å². The number of hydrogen-bond donors (Lipinski definition) is 4. The summed E-state index contributed by atoms with van der Waals surface area (Å²) in [6, 6.07) is 7.79. The highest BCUT2D eigenvalue weighted by Gasteiger charge is 2.48. The fourth-order valence-electron chi connectivity index (χ4n) is 13.1. The highest BCUT2D eigenvalue weighted by Crippen LogP contribution is 2.45. The van der Waals surface area contributed by atoms with Gasteiger partial charge in [0.1, 0.15) is 53.4 Å². The molecule has 8 fully saturated rings.